The summed E-state index contributed by atoms with van der Waals surface area (Å²) in [5, 5.41) is 17.0. The van der Waals surface area contributed by atoms with E-state index in [4.69, 9.17) is 0 Å². The Balaban J connectivity index is 1.37. The van der Waals surface area contributed by atoms with Crippen molar-refractivity contribution in [3.63, 3.8) is 0 Å². The summed E-state index contributed by atoms with van der Waals surface area (Å²) in [4.78, 5) is 51.5. The van der Waals surface area contributed by atoms with Gasteiger partial charge in [-0.15, -0.1) is 0 Å². The molecule has 0 aliphatic carbocycles. The van der Waals surface area contributed by atoms with Crippen LogP contribution >= 0.6 is 0 Å². The van der Waals surface area contributed by atoms with E-state index in [2.05, 4.69) is 50.4 Å². The summed E-state index contributed by atoms with van der Waals surface area (Å²) in [6.45, 7) is 7.68. The summed E-state index contributed by atoms with van der Waals surface area (Å²) in [5.74, 6) is -0.518. The molecule has 0 saturated heterocycles. The predicted molar refractivity (Wildman–Crippen MR) is 186 cm³/mol. The Morgan fingerprint density at radius 2 is 1.00 bits per heavy atom. The zero-order valence-corrected chi connectivity index (χ0v) is 27.2. The third-order valence-corrected chi connectivity index (χ3v) is 7.05. The molecule has 46 heavy (non-hydrogen) atoms. The molecule has 6 N–H and O–H groups in total. The van der Waals surface area contributed by atoms with Crippen molar-refractivity contribution in [3.8, 4) is 0 Å². The molecule has 0 atom stereocenters. The van der Waals surface area contributed by atoms with E-state index in [1.165, 1.54) is 0 Å². The molecule has 3 rings (SSSR count). The number of hydrogen-bond donors (Lipinski definition) is 6. The number of anilines is 2. The summed E-state index contributed by atoms with van der Waals surface area (Å²) < 4.78 is 0. The van der Waals surface area contributed by atoms with Crippen LogP contribution in [-0.4, -0.2) is 69.2 Å². The first kappa shape index (κ1) is 35.6. The zero-order chi connectivity index (χ0) is 33.3. The minimum Gasteiger partial charge on any atom is -0.348 e. The second kappa shape index (κ2) is 18.9. The summed E-state index contributed by atoms with van der Waals surface area (Å²) in [5.41, 5.74) is 3.97. The number of carbonyl (C=O) groups excluding carboxylic acids is 4. The van der Waals surface area contributed by atoms with Crippen molar-refractivity contribution >= 4 is 42.0 Å². The van der Waals surface area contributed by atoms with E-state index in [9.17, 15) is 19.2 Å². The molecule has 0 bridgehead atoms. The molecule has 12 heteroatoms. The van der Waals surface area contributed by atoms with E-state index in [1.54, 1.807) is 48.5 Å². The van der Waals surface area contributed by atoms with Crippen molar-refractivity contribution in [2.45, 2.75) is 45.9 Å². The van der Waals surface area contributed by atoms with Crippen LogP contribution in [0.25, 0.3) is 0 Å². The maximum absolute atomic E-state index is 12.7. The lowest BCUT2D eigenvalue weighted by Crippen LogP contribution is -2.31. The van der Waals surface area contributed by atoms with Crippen molar-refractivity contribution in [1.82, 2.24) is 26.2 Å². The third kappa shape index (κ3) is 13.4. The highest BCUT2D eigenvalue weighted by molar-refractivity contribution is 6.55. The summed E-state index contributed by atoms with van der Waals surface area (Å²) in [6, 6.07) is 20.5. The van der Waals surface area contributed by atoms with Crippen LogP contribution in [0, 0.1) is 0 Å². The van der Waals surface area contributed by atoms with Gasteiger partial charge in [-0.3, -0.25) is 9.59 Å². The van der Waals surface area contributed by atoms with E-state index >= 15 is 0 Å². The Kier molecular flexibility index (Phi) is 14.6. The largest absolute Gasteiger partial charge is 0.348 e. The van der Waals surface area contributed by atoms with Gasteiger partial charge in [-0.25, -0.2) is 9.59 Å². The number of amides is 6. The normalized spacial score (nSPS) is 10.5. The van der Waals surface area contributed by atoms with Crippen molar-refractivity contribution in [2.75, 3.05) is 44.4 Å². The van der Waals surface area contributed by atoms with Crippen LogP contribution in [0.2, 0.25) is 20.0 Å². The van der Waals surface area contributed by atoms with Crippen molar-refractivity contribution in [3.05, 3.63) is 95.1 Å². The van der Waals surface area contributed by atoms with Gasteiger partial charge in [0.2, 0.25) is 0 Å². The highest BCUT2D eigenvalue weighted by Crippen LogP contribution is 2.12. The highest BCUT2D eigenvalue weighted by Gasteiger charge is 2.10. The van der Waals surface area contributed by atoms with Crippen LogP contribution < -0.4 is 31.9 Å². The molecule has 3 aromatic rings. The van der Waals surface area contributed by atoms with Crippen molar-refractivity contribution < 1.29 is 19.2 Å². The number of nitrogens with zero attached hydrogens (tertiary/aromatic N) is 1. The fourth-order valence-corrected chi connectivity index (χ4v) is 4.41. The molecule has 0 spiro atoms. The van der Waals surface area contributed by atoms with Crippen LogP contribution in [0.15, 0.2) is 72.8 Å². The van der Waals surface area contributed by atoms with Gasteiger partial charge in [-0.1, -0.05) is 44.2 Å². The van der Waals surface area contributed by atoms with Crippen LogP contribution in [0.4, 0.5) is 21.0 Å². The lowest BCUT2D eigenvalue weighted by atomic mass is 9.51. The Morgan fingerprint density at radius 3 is 1.39 bits per heavy atom. The van der Waals surface area contributed by atoms with Crippen LogP contribution in [0.1, 0.15) is 44.7 Å². The molecule has 0 radical (unpaired) electrons. The summed E-state index contributed by atoms with van der Waals surface area (Å²) in [6.07, 6.45) is 2.87. The molecule has 0 fully saturated rings. The zero-order valence-electron chi connectivity index (χ0n) is 27.2. The molecule has 0 aromatic heterocycles. The first-order chi connectivity index (χ1) is 22.1. The minimum absolute atomic E-state index is 0.238. The molecular formula is C34H46BN7O4. The first-order valence-corrected chi connectivity index (χ1v) is 15.7. The van der Waals surface area contributed by atoms with Gasteiger partial charge in [-0.05, 0) is 93.1 Å². The maximum atomic E-state index is 12.7. The van der Waals surface area contributed by atoms with Crippen LogP contribution in [0.5, 0.6) is 0 Å². The average molecular weight is 628 g/mol. The first-order valence-electron chi connectivity index (χ1n) is 15.7. The Hall–Kier alpha value is -4.84. The van der Waals surface area contributed by atoms with Crippen molar-refractivity contribution in [2.24, 2.45) is 0 Å². The quantitative estimate of drug-likeness (QED) is 0.0991. The highest BCUT2D eigenvalue weighted by atomic mass is 16.2. The number of rotatable bonds is 16. The van der Waals surface area contributed by atoms with E-state index in [0.717, 1.165) is 36.8 Å². The fraction of sp³-hybridized carbons (Fsp3) is 0.353. The number of nitrogens with one attached hydrogen (secondary N) is 6. The molecule has 6 amide bonds. The molecule has 0 aliphatic heterocycles. The molecular weight excluding hydrogens is 581 g/mol. The lowest BCUT2D eigenvalue weighted by Gasteiger charge is -2.11. The second-order valence-corrected chi connectivity index (χ2v) is 11.8. The van der Waals surface area contributed by atoms with Gasteiger partial charge in [0.1, 0.15) is 6.71 Å². The van der Waals surface area contributed by atoms with Crippen LogP contribution in [-0.2, 0) is 13.1 Å². The molecule has 0 aliphatic rings. The van der Waals surface area contributed by atoms with Gasteiger partial charge in [0.05, 0.1) is 0 Å². The van der Waals surface area contributed by atoms with E-state index in [1.807, 2.05) is 38.4 Å². The van der Waals surface area contributed by atoms with Gasteiger partial charge in [-0.2, -0.15) is 0 Å². The minimum atomic E-state index is -0.260. The lowest BCUT2D eigenvalue weighted by molar-refractivity contribution is 0.0939. The number of carbonyl (C=O) groups is 4. The maximum Gasteiger partial charge on any atom is 0.319 e. The standard InChI is InChI=1S/C34H46BN7O4/c1-35(2)19-5-20-36-33(45)40-29-15-7-25(8-16-29)23-38-31(43)27-11-13-28(14-12-27)32(44)39-24-26-9-17-30(18-10-26)41-34(46)37-21-6-22-42(3)4/h7-18H,5-6,19-24H2,1-4H3,(H,38,43)(H,39,44)(H2,36,40,45)(H2,37,41,46). The summed E-state index contributed by atoms with van der Waals surface area (Å²) >= 11 is 0. The molecule has 0 heterocycles. The van der Waals surface area contributed by atoms with E-state index in [0.29, 0.717) is 55.4 Å². The van der Waals surface area contributed by atoms with E-state index in [-0.39, 0.29) is 23.9 Å². The fourth-order valence-electron chi connectivity index (χ4n) is 4.41. The monoisotopic (exact) mass is 627 g/mol. The number of hydrogen-bond acceptors (Lipinski definition) is 5. The Bertz CT molecular complexity index is 1300. The van der Waals surface area contributed by atoms with Gasteiger partial charge in [0, 0.05) is 48.7 Å². The Labute approximate surface area is 272 Å². The third-order valence-electron chi connectivity index (χ3n) is 7.05. The molecule has 244 valence electrons. The van der Waals surface area contributed by atoms with Gasteiger partial charge < -0.3 is 36.8 Å². The molecule has 11 nitrogen and oxygen atoms in total. The number of benzene rings is 3. The molecule has 3 aromatic carbocycles. The Morgan fingerprint density at radius 1 is 0.587 bits per heavy atom. The van der Waals surface area contributed by atoms with Gasteiger partial charge in [0.25, 0.3) is 11.8 Å². The number of urea groups is 2. The average Bonchev–Trinajstić information content (AvgIpc) is 3.04. The van der Waals surface area contributed by atoms with Gasteiger partial charge >= 0.3 is 12.1 Å². The topological polar surface area (TPSA) is 144 Å². The van der Waals surface area contributed by atoms with Crippen LogP contribution in [0.3, 0.4) is 0 Å². The van der Waals surface area contributed by atoms with E-state index < -0.39 is 0 Å². The SMILES string of the molecule is CB(C)CCCNC(=O)Nc1ccc(CNC(=O)c2ccc(C(=O)NCc3ccc(NC(=O)NCCCN(C)C)cc3)cc2)cc1. The van der Waals surface area contributed by atoms with Gasteiger partial charge in [0.15, 0.2) is 0 Å². The second-order valence-electron chi connectivity index (χ2n) is 11.8. The molecule has 0 saturated carbocycles. The van der Waals surface area contributed by atoms with Crippen molar-refractivity contribution in [1.29, 1.82) is 0 Å². The summed E-state index contributed by atoms with van der Waals surface area (Å²) in [7, 11) is 3.98. The molecule has 0 unspecified atom stereocenters. The predicted octanol–water partition coefficient (Wildman–Crippen LogP) is 4.89. The smallest absolute Gasteiger partial charge is 0.319 e.